The van der Waals surface area contributed by atoms with Gasteiger partial charge in [-0.15, -0.1) is 0 Å². The molecule has 1 N–H and O–H groups in total. The van der Waals surface area contributed by atoms with Crippen LogP contribution in [0.2, 0.25) is 0 Å². The van der Waals surface area contributed by atoms with E-state index in [4.69, 9.17) is 0 Å². The Labute approximate surface area is 125 Å². The third-order valence-corrected chi connectivity index (χ3v) is 4.47. The molecule has 0 unspecified atom stereocenters. The Balaban J connectivity index is 2.30. The molecule has 0 aliphatic rings. The van der Waals surface area contributed by atoms with Gasteiger partial charge in [0.1, 0.15) is 12.1 Å². The Kier molecular flexibility index (Phi) is 4.74. The summed E-state index contributed by atoms with van der Waals surface area (Å²) < 4.78 is 23.3. The molecule has 0 amide bonds. The first-order valence-corrected chi connectivity index (χ1v) is 8.68. The topological polar surface area (TPSA) is 75.2 Å². The molecule has 1 aromatic carbocycles. The number of hydrogen-bond donors (Lipinski definition) is 1. The normalized spacial score (nSPS) is 12.0. The average Bonchev–Trinajstić information content (AvgIpc) is 2.45. The lowest BCUT2D eigenvalue weighted by Gasteiger charge is -2.15. The molecule has 0 aliphatic heterocycles. The highest BCUT2D eigenvalue weighted by Crippen LogP contribution is 2.22. The Bertz CT molecular complexity index is 731. The fraction of sp³-hybridized carbons (Fsp3) is 0.429. The van der Waals surface area contributed by atoms with Gasteiger partial charge in [0.25, 0.3) is 0 Å². The van der Waals surface area contributed by atoms with Crippen LogP contribution in [0.15, 0.2) is 29.4 Å². The maximum atomic E-state index is 11.7. The van der Waals surface area contributed by atoms with Crippen LogP contribution in [0, 0.1) is 0 Å². The maximum absolute atomic E-state index is 11.7. The van der Waals surface area contributed by atoms with E-state index >= 15 is 0 Å². The molecule has 0 atom stereocenters. The fourth-order valence-corrected chi connectivity index (χ4v) is 2.58. The van der Waals surface area contributed by atoms with E-state index < -0.39 is 9.84 Å². The molecule has 0 aliphatic carbocycles. The van der Waals surface area contributed by atoms with E-state index in [-0.39, 0.29) is 4.90 Å². The highest BCUT2D eigenvalue weighted by molar-refractivity contribution is 7.90. The van der Waals surface area contributed by atoms with Crippen LogP contribution in [-0.4, -0.2) is 56.2 Å². The molecule has 7 heteroatoms. The van der Waals surface area contributed by atoms with Crippen molar-refractivity contribution >= 4 is 26.6 Å². The molecule has 114 valence electrons. The van der Waals surface area contributed by atoms with Crippen molar-refractivity contribution in [1.29, 1.82) is 0 Å². The summed E-state index contributed by atoms with van der Waals surface area (Å²) in [6.07, 6.45) is 2.68. The third-order valence-electron chi connectivity index (χ3n) is 3.36. The number of anilines is 1. The van der Waals surface area contributed by atoms with Crippen molar-refractivity contribution in [3.8, 4) is 0 Å². The summed E-state index contributed by atoms with van der Waals surface area (Å²) in [5.74, 6) is 0.662. The summed E-state index contributed by atoms with van der Waals surface area (Å²) in [5.41, 5.74) is 0.726. The van der Waals surface area contributed by atoms with Crippen molar-refractivity contribution < 1.29 is 8.42 Å². The van der Waals surface area contributed by atoms with Crippen molar-refractivity contribution in [2.45, 2.75) is 11.8 Å². The summed E-state index contributed by atoms with van der Waals surface area (Å²) in [4.78, 5) is 10.8. The van der Waals surface area contributed by atoms with Crippen LogP contribution in [0.4, 0.5) is 5.82 Å². The number of benzene rings is 1. The predicted molar refractivity (Wildman–Crippen MR) is 84.3 cm³/mol. The Morgan fingerprint density at radius 3 is 2.71 bits per heavy atom. The van der Waals surface area contributed by atoms with Gasteiger partial charge in [-0.25, -0.2) is 18.4 Å². The molecule has 0 fully saturated rings. The van der Waals surface area contributed by atoms with Crippen molar-refractivity contribution in [3.05, 3.63) is 24.5 Å². The van der Waals surface area contributed by atoms with Gasteiger partial charge in [0.15, 0.2) is 9.84 Å². The van der Waals surface area contributed by atoms with E-state index in [1.165, 1.54) is 12.6 Å². The zero-order valence-corrected chi connectivity index (χ0v) is 13.3. The second kappa shape index (κ2) is 6.36. The monoisotopic (exact) mass is 308 g/mol. The van der Waals surface area contributed by atoms with Crippen LogP contribution >= 0.6 is 0 Å². The van der Waals surface area contributed by atoms with E-state index in [1.54, 1.807) is 18.2 Å². The summed E-state index contributed by atoms with van der Waals surface area (Å²) in [7, 11) is -1.20. The minimum Gasteiger partial charge on any atom is -0.368 e. The molecule has 1 aromatic heterocycles. The average molecular weight is 308 g/mol. The number of rotatable bonds is 6. The minimum absolute atomic E-state index is 0.276. The molecule has 0 saturated carbocycles. The quantitative estimate of drug-likeness (QED) is 0.869. The number of sulfone groups is 1. The predicted octanol–water partition coefficient (Wildman–Crippen LogP) is 1.40. The Hall–Kier alpha value is -1.73. The maximum Gasteiger partial charge on any atom is 0.175 e. The number of hydrogen-bond acceptors (Lipinski definition) is 6. The smallest absolute Gasteiger partial charge is 0.175 e. The van der Waals surface area contributed by atoms with Gasteiger partial charge in [-0.1, -0.05) is 6.92 Å². The van der Waals surface area contributed by atoms with Crippen LogP contribution in [0.3, 0.4) is 0 Å². The van der Waals surface area contributed by atoms with Crippen LogP contribution < -0.4 is 5.32 Å². The first kappa shape index (κ1) is 15.7. The summed E-state index contributed by atoms with van der Waals surface area (Å²) in [6.45, 7) is 4.69. The lowest BCUT2D eigenvalue weighted by molar-refractivity contribution is 0.367. The molecule has 2 aromatic rings. The summed E-state index contributed by atoms with van der Waals surface area (Å²) in [6, 6.07) is 4.90. The largest absolute Gasteiger partial charge is 0.368 e. The van der Waals surface area contributed by atoms with Gasteiger partial charge in [-0.2, -0.15) is 0 Å². The van der Waals surface area contributed by atoms with Crippen LogP contribution in [0.1, 0.15) is 6.92 Å². The van der Waals surface area contributed by atoms with E-state index in [0.29, 0.717) is 5.82 Å². The standard InChI is InChI=1S/C14H20N4O2S/c1-4-18(2)8-7-15-14-12-9-11(21(3,19)20)5-6-13(12)16-10-17-14/h5-6,9-10H,4,7-8H2,1-3H3,(H,15,16,17). The van der Waals surface area contributed by atoms with E-state index in [9.17, 15) is 8.42 Å². The zero-order chi connectivity index (χ0) is 15.5. The molecule has 0 radical (unpaired) electrons. The molecule has 2 rings (SSSR count). The lowest BCUT2D eigenvalue weighted by Crippen LogP contribution is -2.25. The first-order chi connectivity index (χ1) is 9.91. The van der Waals surface area contributed by atoms with Crippen molar-refractivity contribution in [3.63, 3.8) is 0 Å². The van der Waals surface area contributed by atoms with Gasteiger partial charge in [-0.3, -0.25) is 0 Å². The van der Waals surface area contributed by atoms with Gasteiger partial charge < -0.3 is 10.2 Å². The number of fused-ring (bicyclic) bond motifs is 1. The molecule has 21 heavy (non-hydrogen) atoms. The van der Waals surface area contributed by atoms with Crippen LogP contribution in [-0.2, 0) is 9.84 Å². The van der Waals surface area contributed by atoms with E-state index in [1.807, 2.05) is 7.05 Å². The van der Waals surface area contributed by atoms with Gasteiger partial charge >= 0.3 is 0 Å². The number of nitrogens with zero attached hydrogens (tertiary/aromatic N) is 3. The van der Waals surface area contributed by atoms with Crippen LogP contribution in [0.25, 0.3) is 10.9 Å². The highest BCUT2D eigenvalue weighted by atomic mass is 32.2. The zero-order valence-electron chi connectivity index (χ0n) is 12.5. The Morgan fingerprint density at radius 1 is 1.29 bits per heavy atom. The van der Waals surface area contributed by atoms with Gasteiger partial charge in [-0.05, 0) is 31.8 Å². The van der Waals surface area contributed by atoms with Crippen LogP contribution in [0.5, 0.6) is 0 Å². The van der Waals surface area contributed by atoms with E-state index in [2.05, 4.69) is 27.1 Å². The third kappa shape index (κ3) is 3.89. The summed E-state index contributed by atoms with van der Waals surface area (Å²) >= 11 is 0. The number of aromatic nitrogens is 2. The molecule has 0 saturated heterocycles. The van der Waals surface area contributed by atoms with Crippen molar-refractivity contribution in [2.24, 2.45) is 0 Å². The van der Waals surface area contributed by atoms with Crippen molar-refractivity contribution in [2.75, 3.05) is 38.3 Å². The highest BCUT2D eigenvalue weighted by Gasteiger charge is 2.10. The van der Waals surface area contributed by atoms with Gasteiger partial charge in [0.05, 0.1) is 10.4 Å². The molecule has 0 spiro atoms. The van der Waals surface area contributed by atoms with Gasteiger partial charge in [0, 0.05) is 24.7 Å². The van der Waals surface area contributed by atoms with Gasteiger partial charge in [0.2, 0.25) is 0 Å². The lowest BCUT2D eigenvalue weighted by atomic mass is 10.2. The molecule has 1 heterocycles. The fourth-order valence-electron chi connectivity index (χ4n) is 1.93. The number of nitrogens with one attached hydrogen (secondary N) is 1. The second-order valence-corrected chi connectivity index (χ2v) is 7.01. The molecule has 0 bridgehead atoms. The molecular formula is C14H20N4O2S. The molecule has 6 nitrogen and oxygen atoms in total. The first-order valence-electron chi connectivity index (χ1n) is 6.79. The number of likely N-dealkylation sites (N-methyl/N-ethyl adjacent to an activating group) is 1. The van der Waals surface area contributed by atoms with E-state index in [0.717, 1.165) is 30.5 Å². The summed E-state index contributed by atoms with van der Waals surface area (Å²) in [5, 5.41) is 3.97. The Morgan fingerprint density at radius 2 is 2.05 bits per heavy atom. The second-order valence-electron chi connectivity index (χ2n) is 5.00. The minimum atomic E-state index is -3.24. The SMILES string of the molecule is CCN(C)CCNc1ncnc2ccc(S(C)(=O)=O)cc12. The van der Waals surface area contributed by atoms with Crippen molar-refractivity contribution in [1.82, 2.24) is 14.9 Å². The molecular weight excluding hydrogens is 288 g/mol.